The van der Waals surface area contributed by atoms with E-state index in [9.17, 15) is 22.4 Å². The van der Waals surface area contributed by atoms with Gasteiger partial charge in [0.1, 0.15) is 6.04 Å². The molecule has 0 saturated carbocycles. The van der Waals surface area contributed by atoms with Crippen molar-refractivity contribution in [3.05, 3.63) is 65.3 Å². The number of hydrogen-bond acceptors (Lipinski definition) is 5. The van der Waals surface area contributed by atoms with Crippen LogP contribution in [-0.4, -0.2) is 28.1 Å². The van der Waals surface area contributed by atoms with E-state index in [1.165, 1.54) is 36.3 Å². The Bertz CT molecular complexity index is 1110. The molecule has 2 heterocycles. The van der Waals surface area contributed by atoms with Gasteiger partial charge < -0.3 is 14.2 Å². The summed E-state index contributed by atoms with van der Waals surface area (Å²) in [7, 11) is 1.35. The van der Waals surface area contributed by atoms with Crippen molar-refractivity contribution in [2.75, 3.05) is 7.11 Å². The third-order valence-electron chi connectivity index (χ3n) is 5.07. The van der Waals surface area contributed by atoms with Crippen LogP contribution in [0.4, 0.5) is 17.6 Å². The number of hydrogen-bond donors (Lipinski definition) is 0. The first-order valence-electron chi connectivity index (χ1n) is 9.39. The maximum atomic E-state index is 14.0. The van der Waals surface area contributed by atoms with E-state index in [4.69, 9.17) is 9.26 Å². The molecule has 1 aromatic heterocycles. The van der Waals surface area contributed by atoms with Crippen molar-refractivity contribution in [2.45, 2.75) is 31.6 Å². The molecule has 1 atom stereocenters. The van der Waals surface area contributed by atoms with Gasteiger partial charge in [-0.15, -0.1) is 0 Å². The van der Waals surface area contributed by atoms with Gasteiger partial charge in [0.2, 0.25) is 17.6 Å². The third kappa shape index (κ3) is 4.23. The molecule has 1 aliphatic rings. The lowest BCUT2D eigenvalue weighted by Gasteiger charge is -2.22. The average Bonchev–Trinajstić information content (AvgIpc) is 3.35. The molecule has 31 heavy (non-hydrogen) atoms. The second-order valence-electron chi connectivity index (χ2n) is 7.08. The number of likely N-dealkylation sites (tertiary alicyclic amines) is 1. The Morgan fingerprint density at radius 2 is 2.03 bits per heavy atom. The maximum absolute atomic E-state index is 14.0. The van der Waals surface area contributed by atoms with Crippen LogP contribution in [0.25, 0.3) is 11.4 Å². The Labute approximate surface area is 174 Å². The second kappa shape index (κ2) is 8.01. The number of carbonyl (C=O) groups is 1. The van der Waals surface area contributed by atoms with Gasteiger partial charge in [0.25, 0.3) is 0 Å². The molecule has 0 radical (unpaired) electrons. The highest BCUT2D eigenvalue weighted by molar-refractivity contribution is 5.78. The molecule has 0 bridgehead atoms. The topological polar surface area (TPSA) is 68.5 Å². The number of benzene rings is 2. The first-order chi connectivity index (χ1) is 14.8. The van der Waals surface area contributed by atoms with E-state index < -0.39 is 23.6 Å². The molecule has 0 aliphatic carbocycles. The molecule has 1 aliphatic heterocycles. The molecular weight excluding hydrogens is 418 g/mol. The van der Waals surface area contributed by atoms with Crippen LogP contribution in [-0.2, 0) is 17.5 Å². The first kappa shape index (κ1) is 20.8. The van der Waals surface area contributed by atoms with Crippen LogP contribution in [0.2, 0.25) is 0 Å². The van der Waals surface area contributed by atoms with Gasteiger partial charge >= 0.3 is 6.18 Å². The largest absolute Gasteiger partial charge is 0.494 e. The van der Waals surface area contributed by atoms with Crippen LogP contribution in [0.15, 0.2) is 47.0 Å². The Kier molecular flexibility index (Phi) is 5.38. The minimum absolute atomic E-state index is 0.0255. The Hall–Kier alpha value is -3.43. The summed E-state index contributed by atoms with van der Waals surface area (Å²) in [5.41, 5.74) is -0.0797. The number of nitrogens with zero attached hydrogens (tertiary/aromatic N) is 3. The van der Waals surface area contributed by atoms with Gasteiger partial charge in [0.05, 0.1) is 12.7 Å². The Morgan fingerprint density at radius 3 is 2.74 bits per heavy atom. The summed E-state index contributed by atoms with van der Waals surface area (Å²) in [5.74, 6) is -0.466. The van der Waals surface area contributed by atoms with E-state index in [1.807, 2.05) is 0 Å². The fourth-order valence-corrected chi connectivity index (χ4v) is 3.52. The summed E-state index contributed by atoms with van der Waals surface area (Å²) < 4.78 is 63.1. The number of alkyl halides is 3. The van der Waals surface area contributed by atoms with Gasteiger partial charge in [-0.3, -0.25) is 4.79 Å². The van der Waals surface area contributed by atoms with Gasteiger partial charge in [0, 0.05) is 18.5 Å². The Morgan fingerprint density at radius 1 is 1.23 bits per heavy atom. The molecule has 1 amide bonds. The molecular formula is C21H17F4N3O3. The molecule has 0 spiro atoms. The number of halogens is 4. The molecule has 1 saturated heterocycles. The van der Waals surface area contributed by atoms with E-state index in [0.29, 0.717) is 17.5 Å². The highest BCUT2D eigenvalue weighted by Gasteiger charge is 2.37. The van der Waals surface area contributed by atoms with Crippen molar-refractivity contribution >= 4 is 5.91 Å². The van der Waals surface area contributed by atoms with Gasteiger partial charge in [-0.1, -0.05) is 17.3 Å². The fraction of sp³-hybridized carbons (Fsp3) is 0.286. The second-order valence-corrected chi connectivity index (χ2v) is 7.08. The summed E-state index contributed by atoms with van der Waals surface area (Å²) >= 11 is 0. The van der Waals surface area contributed by atoms with E-state index in [2.05, 4.69) is 10.1 Å². The smallest absolute Gasteiger partial charge is 0.416 e. The van der Waals surface area contributed by atoms with Crippen molar-refractivity contribution in [3.8, 4) is 17.1 Å². The lowest BCUT2D eigenvalue weighted by atomic mass is 10.1. The standard InChI is InChI=1S/C21H17F4N3O3/c1-30-17-7-5-13(10-15(17)22)19-26-20(31-27-19)16-6-8-18(29)28(16)11-12-3-2-4-14(9-12)21(23,24)25/h2-5,7,9-10,16H,6,8,11H2,1H3. The third-order valence-corrected chi connectivity index (χ3v) is 5.07. The SMILES string of the molecule is COc1ccc(-c2noc(C3CCC(=O)N3Cc3cccc(C(F)(F)F)c3)n2)cc1F. The van der Waals surface area contributed by atoms with Crippen LogP contribution in [0.3, 0.4) is 0 Å². The number of carbonyl (C=O) groups excluding carboxylic acids is 1. The van der Waals surface area contributed by atoms with Crippen LogP contribution < -0.4 is 4.74 Å². The highest BCUT2D eigenvalue weighted by atomic mass is 19.4. The summed E-state index contributed by atoms with van der Waals surface area (Å²) in [4.78, 5) is 18.1. The molecule has 3 aromatic rings. The number of methoxy groups -OCH3 is 1. The lowest BCUT2D eigenvalue weighted by Crippen LogP contribution is -2.27. The summed E-state index contributed by atoms with van der Waals surface area (Å²) in [6, 6.07) is 8.44. The maximum Gasteiger partial charge on any atom is 0.416 e. The molecule has 4 rings (SSSR count). The molecule has 6 nitrogen and oxygen atoms in total. The van der Waals surface area contributed by atoms with Crippen LogP contribution >= 0.6 is 0 Å². The highest BCUT2D eigenvalue weighted by Crippen LogP contribution is 2.35. The van der Waals surface area contributed by atoms with E-state index in [-0.39, 0.29) is 36.3 Å². The van der Waals surface area contributed by atoms with E-state index in [0.717, 1.165) is 12.1 Å². The molecule has 10 heteroatoms. The zero-order valence-corrected chi connectivity index (χ0v) is 16.3. The molecule has 162 valence electrons. The van der Waals surface area contributed by atoms with E-state index >= 15 is 0 Å². The lowest BCUT2D eigenvalue weighted by molar-refractivity contribution is -0.137. The summed E-state index contributed by atoms with van der Waals surface area (Å²) in [5, 5.41) is 3.86. The Balaban J connectivity index is 1.57. The monoisotopic (exact) mass is 435 g/mol. The van der Waals surface area contributed by atoms with Crippen molar-refractivity contribution in [1.82, 2.24) is 15.0 Å². The van der Waals surface area contributed by atoms with Crippen LogP contribution in [0.1, 0.15) is 35.9 Å². The van der Waals surface area contributed by atoms with Crippen LogP contribution in [0, 0.1) is 5.82 Å². The predicted molar refractivity (Wildman–Crippen MR) is 100 cm³/mol. The van der Waals surface area contributed by atoms with Crippen molar-refractivity contribution < 1.29 is 31.6 Å². The molecule has 2 aromatic carbocycles. The molecule has 0 N–H and O–H groups in total. The minimum atomic E-state index is -4.47. The van der Waals surface area contributed by atoms with Crippen LogP contribution in [0.5, 0.6) is 5.75 Å². The van der Waals surface area contributed by atoms with Crippen molar-refractivity contribution in [3.63, 3.8) is 0 Å². The number of amides is 1. The summed E-state index contributed by atoms with van der Waals surface area (Å²) in [6.45, 7) is -0.0255. The van der Waals surface area contributed by atoms with Gasteiger partial charge in [-0.2, -0.15) is 18.2 Å². The molecule has 1 unspecified atom stereocenters. The predicted octanol–water partition coefficient (Wildman–Crippen LogP) is 4.77. The summed E-state index contributed by atoms with van der Waals surface area (Å²) in [6.07, 6.45) is -3.88. The molecule has 1 fully saturated rings. The zero-order valence-electron chi connectivity index (χ0n) is 16.3. The normalized spacial score (nSPS) is 16.7. The van der Waals surface area contributed by atoms with Gasteiger partial charge in [-0.25, -0.2) is 4.39 Å². The number of rotatable bonds is 5. The first-order valence-corrected chi connectivity index (χ1v) is 9.39. The minimum Gasteiger partial charge on any atom is -0.494 e. The van der Waals surface area contributed by atoms with E-state index in [1.54, 1.807) is 6.07 Å². The quantitative estimate of drug-likeness (QED) is 0.541. The van der Waals surface area contributed by atoms with Crippen molar-refractivity contribution in [1.29, 1.82) is 0 Å². The van der Waals surface area contributed by atoms with Gasteiger partial charge in [0.15, 0.2) is 11.6 Å². The van der Waals surface area contributed by atoms with Crippen molar-refractivity contribution in [2.24, 2.45) is 0 Å². The average molecular weight is 435 g/mol. The van der Waals surface area contributed by atoms with Gasteiger partial charge in [-0.05, 0) is 42.3 Å². The fourth-order valence-electron chi connectivity index (χ4n) is 3.52. The number of ether oxygens (including phenoxy) is 1. The number of aromatic nitrogens is 2. The zero-order chi connectivity index (χ0) is 22.2.